The van der Waals surface area contributed by atoms with Gasteiger partial charge in [-0.2, -0.15) is 23.7 Å². The molecule has 0 amide bonds. The molecule has 7 heteroatoms. The van der Waals surface area contributed by atoms with Gasteiger partial charge in [-0.25, -0.2) is 8.78 Å². The van der Waals surface area contributed by atoms with E-state index >= 15 is 0 Å². The molecule has 110 valence electrons. The molecule has 0 aliphatic rings. The first kappa shape index (κ1) is 15.5. The van der Waals surface area contributed by atoms with Crippen molar-refractivity contribution in [1.82, 2.24) is 0 Å². The molecule has 0 aliphatic carbocycles. The Kier molecular flexibility index (Phi) is 3.83. The molecule has 0 fully saturated rings. The largest absolute Gasteiger partial charge is 0.416 e. The number of alkyl halides is 3. The van der Waals surface area contributed by atoms with Gasteiger partial charge in [-0.1, -0.05) is 6.07 Å². The van der Waals surface area contributed by atoms with Gasteiger partial charge in [-0.15, -0.1) is 0 Å². The number of hydrogen-bond donors (Lipinski definition) is 0. The lowest BCUT2D eigenvalue weighted by atomic mass is 9.96. The zero-order valence-electron chi connectivity index (χ0n) is 10.7. The van der Waals surface area contributed by atoms with Crippen LogP contribution in [0, 0.1) is 34.3 Å². The summed E-state index contributed by atoms with van der Waals surface area (Å²) in [6.07, 6.45) is -4.65. The van der Waals surface area contributed by atoms with E-state index in [-0.39, 0.29) is 11.1 Å². The molecule has 22 heavy (non-hydrogen) atoms. The normalized spacial score (nSPS) is 10.9. The topological polar surface area (TPSA) is 47.6 Å². The van der Waals surface area contributed by atoms with Crippen LogP contribution in [0.2, 0.25) is 0 Å². The van der Waals surface area contributed by atoms with Gasteiger partial charge >= 0.3 is 6.18 Å². The van der Waals surface area contributed by atoms with E-state index in [1.54, 1.807) is 0 Å². The van der Waals surface area contributed by atoms with Gasteiger partial charge in [0.15, 0.2) is 0 Å². The third-order valence-corrected chi connectivity index (χ3v) is 2.93. The average Bonchev–Trinajstić information content (AvgIpc) is 2.47. The van der Waals surface area contributed by atoms with Crippen molar-refractivity contribution in [2.75, 3.05) is 0 Å². The van der Waals surface area contributed by atoms with Gasteiger partial charge in [0.25, 0.3) is 0 Å². The van der Waals surface area contributed by atoms with E-state index in [4.69, 9.17) is 10.5 Å². The molecular weight excluding hydrogens is 303 g/mol. The summed E-state index contributed by atoms with van der Waals surface area (Å²) in [6.45, 7) is 0. The molecule has 2 aromatic rings. The second-order valence-electron chi connectivity index (χ2n) is 4.29. The fourth-order valence-electron chi connectivity index (χ4n) is 1.89. The molecule has 0 saturated heterocycles. The zero-order valence-corrected chi connectivity index (χ0v) is 10.7. The van der Waals surface area contributed by atoms with Crippen LogP contribution in [0.25, 0.3) is 11.1 Å². The SMILES string of the molecule is N#Cc1cc(F)c(-c2ccc(C(F)(F)F)cc2C#N)cc1F. The molecule has 0 aromatic heterocycles. The first-order chi connectivity index (χ1) is 10.3. The molecule has 0 N–H and O–H groups in total. The van der Waals surface area contributed by atoms with Crippen LogP contribution >= 0.6 is 0 Å². The molecule has 0 radical (unpaired) electrons. The van der Waals surface area contributed by atoms with E-state index < -0.39 is 34.5 Å². The Morgan fingerprint density at radius 2 is 1.41 bits per heavy atom. The highest BCUT2D eigenvalue weighted by Gasteiger charge is 2.31. The van der Waals surface area contributed by atoms with E-state index in [0.717, 1.165) is 6.07 Å². The van der Waals surface area contributed by atoms with Gasteiger partial charge in [0, 0.05) is 11.1 Å². The van der Waals surface area contributed by atoms with Crippen LogP contribution in [-0.2, 0) is 6.18 Å². The van der Waals surface area contributed by atoms with Crippen molar-refractivity contribution < 1.29 is 22.0 Å². The lowest BCUT2D eigenvalue weighted by molar-refractivity contribution is -0.137. The summed E-state index contributed by atoms with van der Waals surface area (Å²) in [4.78, 5) is 0. The monoisotopic (exact) mass is 308 g/mol. The molecule has 0 atom stereocenters. The Hall–Kier alpha value is -2.93. The molecule has 0 spiro atoms. The lowest BCUT2D eigenvalue weighted by Gasteiger charge is -2.11. The van der Waals surface area contributed by atoms with Gasteiger partial charge in [0.2, 0.25) is 0 Å². The fraction of sp³-hybridized carbons (Fsp3) is 0.0667. The Morgan fingerprint density at radius 3 is 1.95 bits per heavy atom. The first-order valence-corrected chi connectivity index (χ1v) is 5.78. The Bertz CT molecular complexity index is 826. The highest BCUT2D eigenvalue weighted by Crippen LogP contribution is 2.34. The van der Waals surface area contributed by atoms with Crippen molar-refractivity contribution in [2.45, 2.75) is 6.18 Å². The molecule has 2 aromatic carbocycles. The minimum Gasteiger partial charge on any atom is -0.206 e. The first-order valence-electron chi connectivity index (χ1n) is 5.78. The van der Waals surface area contributed by atoms with Crippen molar-refractivity contribution in [3.05, 3.63) is 58.7 Å². The number of halogens is 5. The molecular formula is C15H5F5N2. The van der Waals surface area contributed by atoms with Gasteiger partial charge in [-0.3, -0.25) is 0 Å². The quantitative estimate of drug-likeness (QED) is 0.733. The highest BCUT2D eigenvalue weighted by atomic mass is 19.4. The van der Waals surface area contributed by atoms with Gasteiger partial charge < -0.3 is 0 Å². The zero-order chi connectivity index (χ0) is 16.5. The predicted molar refractivity (Wildman–Crippen MR) is 66.2 cm³/mol. The summed E-state index contributed by atoms with van der Waals surface area (Å²) in [5, 5.41) is 17.5. The molecule has 0 unspecified atom stereocenters. The third kappa shape index (κ3) is 2.75. The van der Waals surface area contributed by atoms with Crippen LogP contribution in [0.4, 0.5) is 22.0 Å². The maximum Gasteiger partial charge on any atom is 0.416 e. The van der Waals surface area contributed by atoms with Crippen LogP contribution in [0.5, 0.6) is 0 Å². The third-order valence-electron chi connectivity index (χ3n) is 2.93. The van der Waals surface area contributed by atoms with Crippen molar-refractivity contribution in [3.8, 4) is 23.3 Å². The lowest BCUT2D eigenvalue weighted by Crippen LogP contribution is -2.05. The van der Waals surface area contributed by atoms with Crippen molar-refractivity contribution in [2.24, 2.45) is 0 Å². The number of rotatable bonds is 1. The second kappa shape index (κ2) is 5.45. The Morgan fingerprint density at radius 1 is 0.773 bits per heavy atom. The summed E-state index contributed by atoms with van der Waals surface area (Å²) in [7, 11) is 0. The van der Waals surface area contributed by atoms with Crippen LogP contribution in [-0.4, -0.2) is 0 Å². The number of hydrogen-bond acceptors (Lipinski definition) is 2. The minimum absolute atomic E-state index is 0.184. The van der Waals surface area contributed by atoms with Crippen LogP contribution in [0.1, 0.15) is 16.7 Å². The minimum atomic E-state index is -4.65. The van der Waals surface area contributed by atoms with Gasteiger partial charge in [0.1, 0.15) is 17.7 Å². The van der Waals surface area contributed by atoms with Gasteiger partial charge in [0.05, 0.1) is 22.8 Å². The molecule has 0 aliphatic heterocycles. The van der Waals surface area contributed by atoms with Gasteiger partial charge in [-0.05, 0) is 24.3 Å². The van der Waals surface area contributed by atoms with E-state index in [1.807, 2.05) is 0 Å². The van der Waals surface area contributed by atoms with Crippen LogP contribution in [0.15, 0.2) is 30.3 Å². The van der Waals surface area contributed by atoms with E-state index in [0.29, 0.717) is 24.3 Å². The smallest absolute Gasteiger partial charge is 0.206 e. The summed E-state index contributed by atoms with van der Waals surface area (Å²) in [6, 6.07) is 6.40. The standard InChI is InChI=1S/C15H5F5N2/c16-13-5-12(14(17)4-9(13)7-22)11-2-1-10(15(18,19)20)3-8(11)6-21/h1-5H. The number of benzene rings is 2. The highest BCUT2D eigenvalue weighted by molar-refractivity contribution is 5.72. The predicted octanol–water partition coefficient (Wildman–Crippen LogP) is 4.39. The summed E-state index contributed by atoms with van der Waals surface area (Å²) >= 11 is 0. The van der Waals surface area contributed by atoms with Crippen molar-refractivity contribution in [3.63, 3.8) is 0 Å². The molecule has 0 bridgehead atoms. The summed E-state index contributed by atoms with van der Waals surface area (Å²) in [5.41, 5.74) is -2.62. The maximum absolute atomic E-state index is 13.9. The van der Waals surface area contributed by atoms with Crippen LogP contribution in [0.3, 0.4) is 0 Å². The fourth-order valence-corrected chi connectivity index (χ4v) is 1.89. The van der Waals surface area contributed by atoms with Crippen molar-refractivity contribution in [1.29, 1.82) is 10.5 Å². The average molecular weight is 308 g/mol. The summed E-state index contributed by atoms with van der Waals surface area (Å²) < 4.78 is 65.3. The molecule has 0 saturated carbocycles. The summed E-state index contributed by atoms with van der Waals surface area (Å²) in [5.74, 6) is -2.03. The Labute approximate surface area is 121 Å². The van der Waals surface area contributed by atoms with Crippen LogP contribution < -0.4 is 0 Å². The number of nitrogens with zero attached hydrogens (tertiary/aromatic N) is 2. The number of nitriles is 2. The van der Waals surface area contributed by atoms with Crippen molar-refractivity contribution >= 4 is 0 Å². The molecule has 2 rings (SSSR count). The maximum atomic E-state index is 13.9. The molecule has 2 nitrogen and oxygen atoms in total. The second-order valence-corrected chi connectivity index (χ2v) is 4.29. The molecule has 0 heterocycles. The van der Waals surface area contributed by atoms with E-state index in [1.165, 1.54) is 12.1 Å². The van der Waals surface area contributed by atoms with E-state index in [9.17, 15) is 22.0 Å². The Balaban J connectivity index is 2.67. The van der Waals surface area contributed by atoms with E-state index in [2.05, 4.69) is 0 Å².